The van der Waals surface area contributed by atoms with E-state index in [-0.39, 0.29) is 5.91 Å². The molecule has 0 bridgehead atoms. The van der Waals surface area contributed by atoms with Crippen LogP contribution in [0.2, 0.25) is 0 Å². The van der Waals surface area contributed by atoms with E-state index in [0.717, 1.165) is 0 Å². The van der Waals surface area contributed by atoms with Crippen molar-refractivity contribution in [2.75, 3.05) is 18.9 Å². The fourth-order valence-corrected chi connectivity index (χ4v) is 2.70. The molecule has 1 heterocycles. The Bertz CT molecular complexity index is 569. The van der Waals surface area contributed by atoms with Crippen LogP contribution in [0.15, 0.2) is 41.8 Å². The lowest BCUT2D eigenvalue weighted by molar-refractivity contribution is -0.132. The Kier molecular flexibility index (Phi) is 5.63. The lowest BCUT2D eigenvalue weighted by Gasteiger charge is -2.20. The molecule has 0 fully saturated rings. The van der Waals surface area contributed by atoms with Gasteiger partial charge >= 0.3 is 0 Å². The van der Waals surface area contributed by atoms with Crippen LogP contribution < -0.4 is 10.5 Å². The summed E-state index contributed by atoms with van der Waals surface area (Å²) in [4.78, 5) is 15.2. The van der Waals surface area contributed by atoms with Gasteiger partial charge in [0.25, 0.3) is 0 Å². The van der Waals surface area contributed by atoms with Crippen molar-refractivity contribution in [3.8, 4) is 5.75 Å². The van der Waals surface area contributed by atoms with Crippen molar-refractivity contribution in [2.45, 2.75) is 19.9 Å². The summed E-state index contributed by atoms with van der Waals surface area (Å²) in [5, 5.41) is 2.02. The summed E-state index contributed by atoms with van der Waals surface area (Å²) in [5.41, 5.74) is 6.39. The molecule has 0 unspecified atom stereocenters. The number of carbonyl (C=O) groups is 1. The number of anilines is 1. The molecule has 2 N–H and O–H groups in total. The molecule has 0 aliphatic heterocycles. The number of para-hydroxylation sites is 2. The van der Waals surface area contributed by atoms with E-state index in [4.69, 9.17) is 10.5 Å². The Morgan fingerprint density at radius 3 is 2.76 bits per heavy atom. The van der Waals surface area contributed by atoms with Crippen molar-refractivity contribution in [2.24, 2.45) is 0 Å². The molecule has 4 nitrogen and oxygen atoms in total. The molecule has 112 valence electrons. The highest BCUT2D eigenvalue weighted by atomic mass is 32.1. The number of hydrogen-bond donors (Lipinski definition) is 1. The fourth-order valence-electron chi connectivity index (χ4n) is 1.99. The van der Waals surface area contributed by atoms with Crippen LogP contribution in [-0.4, -0.2) is 24.0 Å². The Labute approximate surface area is 129 Å². The minimum absolute atomic E-state index is 0.0976. The van der Waals surface area contributed by atoms with Gasteiger partial charge in [-0.15, -0.1) is 11.3 Å². The third kappa shape index (κ3) is 4.49. The maximum absolute atomic E-state index is 12.2. The number of nitrogens with two attached hydrogens (primary N) is 1. The number of benzene rings is 1. The maximum Gasteiger partial charge on any atom is 0.226 e. The number of nitrogens with zero attached hydrogens (tertiary/aromatic N) is 1. The van der Waals surface area contributed by atoms with Gasteiger partial charge in [-0.1, -0.05) is 18.2 Å². The lowest BCUT2D eigenvalue weighted by atomic mass is 10.3. The summed E-state index contributed by atoms with van der Waals surface area (Å²) in [6.07, 6.45) is 0.355. The zero-order chi connectivity index (χ0) is 15.1. The molecule has 0 aliphatic rings. The number of rotatable bonds is 7. The summed E-state index contributed by atoms with van der Waals surface area (Å²) >= 11 is 1.67. The quantitative estimate of drug-likeness (QED) is 0.799. The van der Waals surface area contributed by atoms with Gasteiger partial charge in [-0.25, -0.2) is 0 Å². The van der Waals surface area contributed by atoms with Crippen LogP contribution in [0.4, 0.5) is 5.69 Å². The van der Waals surface area contributed by atoms with E-state index in [1.807, 2.05) is 47.5 Å². The predicted molar refractivity (Wildman–Crippen MR) is 86.4 cm³/mol. The third-order valence-corrected chi connectivity index (χ3v) is 4.01. The van der Waals surface area contributed by atoms with Crippen LogP contribution in [0.5, 0.6) is 5.75 Å². The number of thiophene rings is 1. The van der Waals surface area contributed by atoms with Crippen molar-refractivity contribution in [3.63, 3.8) is 0 Å². The first-order valence-corrected chi connectivity index (χ1v) is 7.86. The van der Waals surface area contributed by atoms with Crippen LogP contribution in [-0.2, 0) is 11.3 Å². The SMILES string of the molecule is CCN(Cc1cccs1)C(=O)CCOc1ccccc1N. The summed E-state index contributed by atoms with van der Waals surface area (Å²) in [6, 6.07) is 11.4. The molecule has 0 saturated carbocycles. The molecule has 1 aromatic carbocycles. The normalized spacial score (nSPS) is 10.3. The fraction of sp³-hybridized carbons (Fsp3) is 0.312. The zero-order valence-corrected chi connectivity index (χ0v) is 12.9. The zero-order valence-electron chi connectivity index (χ0n) is 12.1. The number of hydrogen-bond acceptors (Lipinski definition) is 4. The van der Waals surface area contributed by atoms with Gasteiger partial charge in [0, 0.05) is 11.4 Å². The monoisotopic (exact) mass is 304 g/mol. The van der Waals surface area contributed by atoms with Crippen molar-refractivity contribution in [1.82, 2.24) is 4.90 Å². The molecule has 0 saturated heterocycles. The van der Waals surface area contributed by atoms with E-state index >= 15 is 0 Å². The lowest BCUT2D eigenvalue weighted by Crippen LogP contribution is -2.31. The summed E-state index contributed by atoms with van der Waals surface area (Å²) < 4.78 is 5.57. The van der Waals surface area contributed by atoms with Gasteiger partial charge in [0.2, 0.25) is 5.91 Å². The standard InChI is InChI=1S/C16H20N2O2S/c1-2-18(12-13-6-5-11-21-13)16(19)9-10-20-15-8-4-3-7-14(15)17/h3-8,11H,2,9-10,12,17H2,1H3. The highest BCUT2D eigenvalue weighted by Crippen LogP contribution is 2.20. The highest BCUT2D eigenvalue weighted by molar-refractivity contribution is 7.09. The van der Waals surface area contributed by atoms with Gasteiger partial charge < -0.3 is 15.4 Å². The molecule has 0 aliphatic carbocycles. The first-order valence-electron chi connectivity index (χ1n) is 6.98. The average molecular weight is 304 g/mol. The van der Waals surface area contributed by atoms with E-state index < -0.39 is 0 Å². The maximum atomic E-state index is 12.2. The molecule has 1 aromatic heterocycles. The second-order valence-electron chi connectivity index (χ2n) is 4.62. The summed E-state index contributed by atoms with van der Waals surface area (Å²) in [7, 11) is 0. The Hall–Kier alpha value is -2.01. The number of nitrogen functional groups attached to an aromatic ring is 1. The van der Waals surface area contributed by atoms with Crippen LogP contribution in [0.1, 0.15) is 18.2 Å². The molecule has 21 heavy (non-hydrogen) atoms. The summed E-state index contributed by atoms with van der Waals surface area (Å²) in [6.45, 7) is 3.69. The van der Waals surface area contributed by atoms with Crippen molar-refractivity contribution >= 4 is 22.9 Å². The van der Waals surface area contributed by atoms with E-state index in [1.165, 1.54) is 4.88 Å². The van der Waals surface area contributed by atoms with Gasteiger partial charge in [0.15, 0.2) is 0 Å². The molecular formula is C16H20N2O2S. The predicted octanol–water partition coefficient (Wildman–Crippen LogP) is 3.15. The first kappa shape index (κ1) is 15.4. The van der Waals surface area contributed by atoms with Crippen LogP contribution in [0.25, 0.3) is 0 Å². The van der Waals surface area contributed by atoms with Gasteiger partial charge in [-0.3, -0.25) is 4.79 Å². The molecule has 0 atom stereocenters. The van der Waals surface area contributed by atoms with Crippen molar-refractivity contribution < 1.29 is 9.53 Å². The number of amides is 1. The van der Waals surface area contributed by atoms with Crippen molar-refractivity contribution in [1.29, 1.82) is 0 Å². The van der Waals surface area contributed by atoms with Crippen LogP contribution in [0, 0.1) is 0 Å². The van der Waals surface area contributed by atoms with Crippen molar-refractivity contribution in [3.05, 3.63) is 46.7 Å². The molecule has 2 aromatic rings. The molecule has 5 heteroatoms. The van der Waals surface area contributed by atoms with Crippen LogP contribution >= 0.6 is 11.3 Å². The molecule has 0 radical (unpaired) electrons. The average Bonchev–Trinajstić information content (AvgIpc) is 2.99. The number of carbonyl (C=O) groups excluding carboxylic acids is 1. The van der Waals surface area contributed by atoms with E-state index in [9.17, 15) is 4.79 Å². The Morgan fingerprint density at radius 1 is 1.29 bits per heavy atom. The first-order chi connectivity index (χ1) is 10.2. The third-order valence-electron chi connectivity index (χ3n) is 3.15. The van der Waals surface area contributed by atoms with Gasteiger partial charge in [-0.05, 0) is 30.5 Å². The topological polar surface area (TPSA) is 55.6 Å². The van der Waals surface area contributed by atoms with E-state index in [0.29, 0.717) is 37.6 Å². The molecular weight excluding hydrogens is 284 g/mol. The molecule has 0 spiro atoms. The smallest absolute Gasteiger partial charge is 0.226 e. The van der Waals surface area contributed by atoms with Gasteiger partial charge in [0.05, 0.1) is 25.3 Å². The molecule has 1 amide bonds. The summed E-state index contributed by atoms with van der Waals surface area (Å²) in [5.74, 6) is 0.729. The minimum atomic E-state index is 0.0976. The van der Waals surface area contributed by atoms with Gasteiger partial charge in [-0.2, -0.15) is 0 Å². The van der Waals surface area contributed by atoms with E-state index in [2.05, 4.69) is 0 Å². The Morgan fingerprint density at radius 2 is 2.10 bits per heavy atom. The Balaban J connectivity index is 1.81. The van der Waals surface area contributed by atoms with E-state index in [1.54, 1.807) is 17.4 Å². The highest BCUT2D eigenvalue weighted by Gasteiger charge is 2.13. The van der Waals surface area contributed by atoms with Crippen LogP contribution in [0.3, 0.4) is 0 Å². The second-order valence-corrected chi connectivity index (χ2v) is 5.66. The second kappa shape index (κ2) is 7.69. The molecule has 2 rings (SSSR count). The number of ether oxygens (including phenoxy) is 1. The largest absolute Gasteiger partial charge is 0.491 e. The minimum Gasteiger partial charge on any atom is -0.491 e. The van der Waals surface area contributed by atoms with Gasteiger partial charge in [0.1, 0.15) is 5.75 Å².